The second-order valence-electron chi connectivity index (χ2n) is 9.12. The number of hydrogen-bond donors (Lipinski definition) is 1. The number of fused-ring (bicyclic) bond motifs is 1. The molecule has 32 heavy (non-hydrogen) atoms. The number of likely N-dealkylation sites (tertiary alicyclic amines) is 1. The van der Waals surface area contributed by atoms with Gasteiger partial charge in [0.05, 0.1) is 11.7 Å². The number of amides is 2. The summed E-state index contributed by atoms with van der Waals surface area (Å²) < 4.78 is 1.89. The SMILES string of the molecule is CCCNC(=O)CCc1c(C)nc2cc([C@H]3CCCN3C(=O)[C@@H]3CC=CCC3)nn2c1C. The molecule has 0 bridgehead atoms. The van der Waals surface area contributed by atoms with Crippen LogP contribution in [0.3, 0.4) is 0 Å². The third kappa shape index (κ3) is 4.57. The molecule has 1 fully saturated rings. The van der Waals surface area contributed by atoms with Crippen LogP contribution in [0.5, 0.6) is 0 Å². The highest BCUT2D eigenvalue weighted by Gasteiger charge is 2.35. The topological polar surface area (TPSA) is 79.6 Å². The van der Waals surface area contributed by atoms with Crippen LogP contribution in [-0.2, 0) is 16.0 Å². The first-order valence-electron chi connectivity index (χ1n) is 12.1. The van der Waals surface area contributed by atoms with E-state index in [1.54, 1.807) is 0 Å². The Morgan fingerprint density at radius 2 is 2.06 bits per heavy atom. The molecule has 0 aromatic carbocycles. The third-order valence-electron chi connectivity index (χ3n) is 6.85. The Morgan fingerprint density at radius 3 is 2.81 bits per heavy atom. The van der Waals surface area contributed by atoms with E-state index in [4.69, 9.17) is 10.1 Å². The first-order valence-corrected chi connectivity index (χ1v) is 12.1. The normalized spacial score (nSPS) is 20.8. The molecule has 3 heterocycles. The fraction of sp³-hybridized carbons (Fsp3) is 0.600. The van der Waals surface area contributed by atoms with Gasteiger partial charge in [-0.1, -0.05) is 19.1 Å². The lowest BCUT2D eigenvalue weighted by atomic mass is 9.92. The molecular formula is C25H35N5O2. The van der Waals surface area contributed by atoms with E-state index in [0.717, 1.165) is 73.4 Å². The van der Waals surface area contributed by atoms with Gasteiger partial charge in [-0.25, -0.2) is 9.50 Å². The molecule has 0 spiro atoms. The average molecular weight is 438 g/mol. The summed E-state index contributed by atoms with van der Waals surface area (Å²) in [5.41, 5.74) is 4.78. The van der Waals surface area contributed by atoms with E-state index in [0.29, 0.717) is 19.4 Å². The number of nitrogens with one attached hydrogen (secondary N) is 1. The molecule has 0 unspecified atom stereocenters. The summed E-state index contributed by atoms with van der Waals surface area (Å²) in [5, 5.41) is 7.84. The molecule has 2 amide bonds. The maximum Gasteiger partial charge on any atom is 0.226 e. The van der Waals surface area contributed by atoms with Crippen LogP contribution >= 0.6 is 0 Å². The number of allylic oxidation sites excluding steroid dienone is 2. The lowest BCUT2D eigenvalue weighted by molar-refractivity contribution is -0.136. The van der Waals surface area contributed by atoms with Gasteiger partial charge in [-0.05, 0) is 64.4 Å². The Morgan fingerprint density at radius 1 is 1.22 bits per heavy atom. The molecule has 2 atom stereocenters. The van der Waals surface area contributed by atoms with Crippen molar-refractivity contribution in [3.05, 3.63) is 40.9 Å². The molecule has 1 N–H and O–H groups in total. The maximum absolute atomic E-state index is 13.2. The van der Waals surface area contributed by atoms with Crippen molar-refractivity contribution in [2.24, 2.45) is 5.92 Å². The van der Waals surface area contributed by atoms with Gasteiger partial charge in [0.25, 0.3) is 0 Å². The zero-order chi connectivity index (χ0) is 22.7. The molecule has 2 aromatic heterocycles. The van der Waals surface area contributed by atoms with E-state index in [1.807, 2.05) is 36.3 Å². The van der Waals surface area contributed by atoms with Gasteiger partial charge in [-0.2, -0.15) is 5.10 Å². The molecule has 7 heteroatoms. The smallest absolute Gasteiger partial charge is 0.226 e. The zero-order valence-corrected chi connectivity index (χ0v) is 19.6. The Kier molecular flexibility index (Phi) is 6.92. The van der Waals surface area contributed by atoms with Crippen molar-refractivity contribution in [2.75, 3.05) is 13.1 Å². The largest absolute Gasteiger partial charge is 0.356 e. The first kappa shape index (κ1) is 22.5. The van der Waals surface area contributed by atoms with E-state index in [2.05, 4.69) is 17.5 Å². The lowest BCUT2D eigenvalue weighted by Crippen LogP contribution is -2.36. The predicted molar refractivity (Wildman–Crippen MR) is 124 cm³/mol. The molecular weight excluding hydrogens is 402 g/mol. The van der Waals surface area contributed by atoms with E-state index >= 15 is 0 Å². The van der Waals surface area contributed by atoms with E-state index in [9.17, 15) is 9.59 Å². The Bertz CT molecular complexity index is 1020. The summed E-state index contributed by atoms with van der Waals surface area (Å²) in [5.74, 6) is 0.448. The minimum Gasteiger partial charge on any atom is -0.356 e. The number of carbonyl (C=O) groups is 2. The van der Waals surface area contributed by atoms with Gasteiger partial charge < -0.3 is 10.2 Å². The van der Waals surface area contributed by atoms with E-state index in [-0.39, 0.29) is 23.8 Å². The summed E-state index contributed by atoms with van der Waals surface area (Å²) in [6.45, 7) is 7.61. The molecule has 1 aliphatic heterocycles. The zero-order valence-electron chi connectivity index (χ0n) is 19.6. The molecule has 0 saturated carbocycles. The molecule has 1 saturated heterocycles. The van der Waals surface area contributed by atoms with Crippen molar-refractivity contribution in [1.29, 1.82) is 0 Å². The minimum absolute atomic E-state index is 0.0260. The highest BCUT2D eigenvalue weighted by atomic mass is 16.2. The van der Waals surface area contributed by atoms with Gasteiger partial charge in [0.2, 0.25) is 11.8 Å². The van der Waals surface area contributed by atoms with Crippen LogP contribution < -0.4 is 5.32 Å². The molecule has 7 nitrogen and oxygen atoms in total. The van der Waals surface area contributed by atoms with Crippen molar-refractivity contribution < 1.29 is 9.59 Å². The third-order valence-corrected chi connectivity index (χ3v) is 6.85. The fourth-order valence-corrected chi connectivity index (χ4v) is 5.05. The molecule has 1 aliphatic carbocycles. The summed E-state index contributed by atoms with van der Waals surface area (Å²) in [6, 6.07) is 2.06. The van der Waals surface area contributed by atoms with Gasteiger partial charge in [-0.3, -0.25) is 9.59 Å². The molecule has 172 valence electrons. The molecule has 4 rings (SSSR count). The van der Waals surface area contributed by atoms with E-state index < -0.39 is 0 Å². The second kappa shape index (κ2) is 9.84. The van der Waals surface area contributed by atoms with E-state index in [1.165, 1.54) is 0 Å². The van der Waals surface area contributed by atoms with Crippen molar-refractivity contribution in [1.82, 2.24) is 24.8 Å². The summed E-state index contributed by atoms with van der Waals surface area (Å²) in [6.07, 6.45) is 11.1. The number of rotatable bonds is 7. The number of aryl methyl sites for hydroxylation is 2. The van der Waals surface area contributed by atoms with Crippen LogP contribution in [0.25, 0.3) is 5.65 Å². The van der Waals surface area contributed by atoms with Crippen LogP contribution in [0.1, 0.15) is 80.6 Å². The number of aromatic nitrogens is 3. The number of hydrogen-bond acceptors (Lipinski definition) is 4. The standard InChI is InChI=1S/C25H35N5O2/c1-4-14-26-24(31)13-12-20-17(2)27-23-16-21(28-30(23)18(20)3)22-11-8-15-29(22)25(32)19-9-6-5-7-10-19/h5-6,16,19,22H,4,7-15H2,1-3H3,(H,26,31)/t19-,22-/m1/s1. The van der Waals surface area contributed by atoms with Crippen LogP contribution in [0.4, 0.5) is 0 Å². The predicted octanol–water partition coefficient (Wildman–Crippen LogP) is 3.82. The number of carbonyl (C=O) groups excluding carboxylic acids is 2. The highest BCUT2D eigenvalue weighted by Crippen LogP contribution is 2.35. The highest BCUT2D eigenvalue weighted by molar-refractivity contribution is 5.80. The Balaban J connectivity index is 1.55. The summed E-state index contributed by atoms with van der Waals surface area (Å²) in [7, 11) is 0. The Hall–Kier alpha value is -2.70. The lowest BCUT2D eigenvalue weighted by Gasteiger charge is -2.28. The first-order chi connectivity index (χ1) is 15.5. The van der Waals surface area contributed by atoms with Gasteiger partial charge in [0, 0.05) is 42.9 Å². The van der Waals surface area contributed by atoms with Crippen LogP contribution in [0.2, 0.25) is 0 Å². The summed E-state index contributed by atoms with van der Waals surface area (Å²) >= 11 is 0. The number of nitrogens with zero attached hydrogens (tertiary/aromatic N) is 4. The fourth-order valence-electron chi connectivity index (χ4n) is 5.05. The van der Waals surface area contributed by atoms with Crippen molar-refractivity contribution >= 4 is 17.5 Å². The minimum atomic E-state index is 0.0260. The van der Waals surface area contributed by atoms with Crippen molar-refractivity contribution in [2.45, 2.75) is 78.2 Å². The monoisotopic (exact) mass is 437 g/mol. The van der Waals surface area contributed by atoms with Gasteiger partial charge in [0.15, 0.2) is 5.65 Å². The van der Waals surface area contributed by atoms with Crippen molar-refractivity contribution in [3.8, 4) is 0 Å². The second-order valence-corrected chi connectivity index (χ2v) is 9.12. The quantitative estimate of drug-likeness (QED) is 0.668. The van der Waals surface area contributed by atoms with Gasteiger partial charge in [0.1, 0.15) is 0 Å². The molecule has 2 aromatic rings. The maximum atomic E-state index is 13.2. The molecule has 0 radical (unpaired) electrons. The average Bonchev–Trinajstić information content (AvgIpc) is 3.44. The van der Waals surface area contributed by atoms with Crippen LogP contribution in [0, 0.1) is 19.8 Å². The van der Waals surface area contributed by atoms with Crippen LogP contribution in [0.15, 0.2) is 18.2 Å². The Labute approximate surface area is 190 Å². The molecule has 2 aliphatic rings. The van der Waals surface area contributed by atoms with Crippen LogP contribution in [-0.4, -0.2) is 44.4 Å². The van der Waals surface area contributed by atoms with Gasteiger partial charge in [-0.15, -0.1) is 0 Å². The summed E-state index contributed by atoms with van der Waals surface area (Å²) in [4.78, 5) is 32.1. The van der Waals surface area contributed by atoms with Gasteiger partial charge >= 0.3 is 0 Å². The van der Waals surface area contributed by atoms with Crippen molar-refractivity contribution in [3.63, 3.8) is 0 Å².